The van der Waals surface area contributed by atoms with Crippen LogP contribution in [0.15, 0.2) is 36.4 Å². The Balaban J connectivity index is 1.48. The van der Waals surface area contributed by atoms with E-state index < -0.39 is 27.1 Å². The zero-order valence-electron chi connectivity index (χ0n) is 15.1. The Kier molecular flexibility index (Phi) is 4.63. The van der Waals surface area contributed by atoms with Gasteiger partial charge in [-0.1, -0.05) is 0 Å². The monoisotopic (exact) mass is 400 g/mol. The van der Waals surface area contributed by atoms with E-state index in [4.69, 9.17) is 9.47 Å². The van der Waals surface area contributed by atoms with Crippen LogP contribution in [0.4, 0.5) is 17.1 Å². The molecule has 0 radical (unpaired) electrons. The zero-order valence-corrected chi connectivity index (χ0v) is 15.1. The minimum absolute atomic E-state index is 0.155. The first kappa shape index (κ1) is 18.5. The first-order valence-corrected chi connectivity index (χ1v) is 8.81. The van der Waals surface area contributed by atoms with E-state index in [0.717, 1.165) is 23.9 Å². The molecule has 2 aliphatic heterocycles. The van der Waals surface area contributed by atoms with Crippen LogP contribution in [-0.2, 0) is 0 Å². The first-order chi connectivity index (χ1) is 13.9. The molecule has 11 nitrogen and oxygen atoms in total. The van der Waals surface area contributed by atoms with Crippen LogP contribution in [0.3, 0.4) is 0 Å². The number of rotatable bonds is 4. The summed E-state index contributed by atoms with van der Waals surface area (Å²) in [6, 6.07) is 8.67. The number of hydrogen-bond donors (Lipinski definition) is 0. The molecular weight excluding hydrogens is 384 g/mol. The number of amides is 1. The van der Waals surface area contributed by atoms with E-state index in [9.17, 15) is 25.0 Å². The van der Waals surface area contributed by atoms with Gasteiger partial charge in [0.25, 0.3) is 17.3 Å². The maximum atomic E-state index is 12.8. The number of piperazine rings is 1. The molecule has 4 rings (SSSR count). The lowest BCUT2D eigenvalue weighted by atomic mass is 10.1. The summed E-state index contributed by atoms with van der Waals surface area (Å²) in [6.07, 6.45) is 0. The van der Waals surface area contributed by atoms with Crippen LogP contribution in [0.5, 0.6) is 11.5 Å². The molecule has 2 aromatic rings. The van der Waals surface area contributed by atoms with E-state index >= 15 is 0 Å². The van der Waals surface area contributed by atoms with E-state index in [2.05, 4.69) is 4.90 Å². The van der Waals surface area contributed by atoms with Crippen molar-refractivity contribution in [2.45, 2.75) is 0 Å². The summed E-state index contributed by atoms with van der Waals surface area (Å²) in [5, 5.41) is 22.2. The van der Waals surface area contributed by atoms with Gasteiger partial charge in [-0.05, 0) is 18.2 Å². The smallest absolute Gasteiger partial charge is 0.289 e. The van der Waals surface area contributed by atoms with Gasteiger partial charge in [-0.2, -0.15) is 0 Å². The van der Waals surface area contributed by atoms with Gasteiger partial charge in [-0.3, -0.25) is 25.0 Å². The Morgan fingerprint density at radius 1 is 0.897 bits per heavy atom. The van der Waals surface area contributed by atoms with Crippen LogP contribution in [-0.4, -0.2) is 53.6 Å². The molecule has 2 heterocycles. The standard InChI is InChI=1S/C18H16N4O7/c23-18(14-3-1-13(21(24)25)9-15(14)22(26)27)20-7-5-19(6-8-20)12-2-4-16-17(10-12)29-11-28-16/h1-4,9-10H,5-8,11H2. The number of carbonyl (C=O) groups excluding carboxylic acids is 1. The van der Waals surface area contributed by atoms with Crippen molar-refractivity contribution >= 4 is 23.0 Å². The predicted octanol–water partition coefficient (Wildman–Crippen LogP) is 2.19. The third-order valence-corrected chi connectivity index (χ3v) is 4.91. The highest BCUT2D eigenvalue weighted by molar-refractivity contribution is 5.98. The van der Waals surface area contributed by atoms with Crippen molar-refractivity contribution in [2.24, 2.45) is 0 Å². The second-order valence-corrected chi connectivity index (χ2v) is 6.53. The fraction of sp³-hybridized carbons (Fsp3) is 0.278. The quantitative estimate of drug-likeness (QED) is 0.564. The SMILES string of the molecule is O=C(c1ccc([N+](=O)[O-])cc1[N+](=O)[O-])N1CCN(c2ccc3c(c2)OCO3)CC1. The molecule has 11 heteroatoms. The lowest BCUT2D eigenvalue weighted by Gasteiger charge is -2.36. The second kappa shape index (κ2) is 7.26. The molecule has 0 atom stereocenters. The summed E-state index contributed by atoms with van der Waals surface area (Å²) in [6.45, 7) is 1.98. The molecule has 2 aliphatic rings. The number of ether oxygens (including phenoxy) is 2. The molecule has 0 N–H and O–H groups in total. The Morgan fingerprint density at radius 2 is 1.62 bits per heavy atom. The highest BCUT2D eigenvalue weighted by Crippen LogP contribution is 2.36. The fourth-order valence-electron chi connectivity index (χ4n) is 3.39. The molecule has 1 amide bonds. The number of benzene rings is 2. The largest absolute Gasteiger partial charge is 0.454 e. The van der Waals surface area contributed by atoms with Crippen LogP contribution < -0.4 is 14.4 Å². The van der Waals surface area contributed by atoms with Crippen molar-refractivity contribution in [3.63, 3.8) is 0 Å². The summed E-state index contributed by atoms with van der Waals surface area (Å²) in [5.74, 6) is 0.840. The minimum atomic E-state index is -0.775. The molecule has 0 bridgehead atoms. The molecule has 2 aromatic carbocycles. The van der Waals surface area contributed by atoms with E-state index in [1.54, 1.807) is 0 Å². The normalized spacial score (nSPS) is 15.3. The molecule has 150 valence electrons. The van der Waals surface area contributed by atoms with Gasteiger partial charge in [0.2, 0.25) is 6.79 Å². The molecular formula is C18H16N4O7. The Morgan fingerprint density at radius 3 is 2.31 bits per heavy atom. The average molecular weight is 400 g/mol. The van der Waals surface area contributed by atoms with Gasteiger partial charge < -0.3 is 19.3 Å². The van der Waals surface area contributed by atoms with Gasteiger partial charge in [0.05, 0.1) is 15.9 Å². The Hall–Kier alpha value is -3.89. The number of carbonyl (C=O) groups is 1. The summed E-state index contributed by atoms with van der Waals surface area (Å²) in [5.41, 5.74) is -0.219. The molecule has 29 heavy (non-hydrogen) atoms. The van der Waals surface area contributed by atoms with Crippen LogP contribution in [0.2, 0.25) is 0 Å². The number of non-ortho nitro benzene ring substituents is 1. The molecule has 0 unspecified atom stereocenters. The van der Waals surface area contributed by atoms with E-state index in [-0.39, 0.29) is 12.4 Å². The number of fused-ring (bicyclic) bond motifs is 1. The van der Waals surface area contributed by atoms with Gasteiger partial charge in [0.15, 0.2) is 11.5 Å². The average Bonchev–Trinajstić information content (AvgIpc) is 3.20. The van der Waals surface area contributed by atoms with Crippen molar-refractivity contribution in [3.05, 3.63) is 62.2 Å². The zero-order chi connectivity index (χ0) is 20.5. The fourth-order valence-corrected chi connectivity index (χ4v) is 3.39. The molecule has 0 spiro atoms. The van der Waals surface area contributed by atoms with Crippen LogP contribution in [0.1, 0.15) is 10.4 Å². The predicted molar refractivity (Wildman–Crippen MR) is 100 cm³/mol. The highest BCUT2D eigenvalue weighted by atomic mass is 16.7. The van der Waals surface area contributed by atoms with Gasteiger partial charge in [0, 0.05) is 44.0 Å². The van der Waals surface area contributed by atoms with E-state index in [1.807, 2.05) is 18.2 Å². The number of nitrogens with zero attached hydrogens (tertiary/aromatic N) is 4. The van der Waals surface area contributed by atoms with Crippen molar-refractivity contribution in [1.82, 2.24) is 4.90 Å². The Bertz CT molecular complexity index is 1000. The van der Waals surface area contributed by atoms with E-state index in [0.29, 0.717) is 37.7 Å². The molecule has 0 aromatic heterocycles. The summed E-state index contributed by atoms with van der Waals surface area (Å²) < 4.78 is 10.7. The third kappa shape index (κ3) is 3.49. The molecule has 1 saturated heterocycles. The maximum absolute atomic E-state index is 12.8. The van der Waals surface area contributed by atoms with Crippen LogP contribution in [0, 0.1) is 20.2 Å². The first-order valence-electron chi connectivity index (χ1n) is 8.81. The number of anilines is 1. The third-order valence-electron chi connectivity index (χ3n) is 4.91. The number of nitro groups is 2. The second-order valence-electron chi connectivity index (χ2n) is 6.53. The topological polar surface area (TPSA) is 128 Å². The number of hydrogen-bond acceptors (Lipinski definition) is 8. The van der Waals surface area contributed by atoms with Gasteiger partial charge in [0.1, 0.15) is 5.56 Å². The van der Waals surface area contributed by atoms with E-state index in [1.165, 1.54) is 4.90 Å². The van der Waals surface area contributed by atoms with Gasteiger partial charge in [-0.25, -0.2) is 0 Å². The maximum Gasteiger partial charge on any atom is 0.289 e. The van der Waals surface area contributed by atoms with Gasteiger partial charge >= 0.3 is 0 Å². The minimum Gasteiger partial charge on any atom is -0.454 e. The summed E-state index contributed by atoms with van der Waals surface area (Å²) in [7, 11) is 0. The van der Waals surface area contributed by atoms with Crippen molar-refractivity contribution in [3.8, 4) is 11.5 Å². The van der Waals surface area contributed by atoms with Crippen molar-refractivity contribution in [2.75, 3.05) is 37.9 Å². The van der Waals surface area contributed by atoms with Gasteiger partial charge in [-0.15, -0.1) is 0 Å². The van der Waals surface area contributed by atoms with Crippen molar-refractivity contribution < 1.29 is 24.1 Å². The Labute approximate surface area is 164 Å². The molecule has 0 aliphatic carbocycles. The van der Waals surface area contributed by atoms with Crippen LogP contribution >= 0.6 is 0 Å². The van der Waals surface area contributed by atoms with Crippen molar-refractivity contribution in [1.29, 1.82) is 0 Å². The number of nitro benzene ring substituents is 2. The van der Waals surface area contributed by atoms with Crippen LogP contribution in [0.25, 0.3) is 0 Å². The summed E-state index contributed by atoms with van der Waals surface area (Å²) >= 11 is 0. The molecule has 0 saturated carbocycles. The molecule has 1 fully saturated rings. The lowest BCUT2D eigenvalue weighted by Crippen LogP contribution is -2.48. The summed E-state index contributed by atoms with van der Waals surface area (Å²) in [4.78, 5) is 37.0. The highest BCUT2D eigenvalue weighted by Gasteiger charge is 2.29. The lowest BCUT2D eigenvalue weighted by molar-refractivity contribution is -0.394.